The van der Waals surface area contributed by atoms with Crippen LogP contribution in [0.15, 0.2) is 53.1 Å². The molecule has 0 aliphatic heterocycles. The molecule has 0 bridgehead atoms. The predicted molar refractivity (Wildman–Crippen MR) is 87.6 cm³/mol. The molecular formula is C16H13BrFN3. The van der Waals surface area contributed by atoms with Crippen molar-refractivity contribution in [1.82, 2.24) is 4.98 Å². The topological polar surface area (TPSA) is 50.9 Å². The van der Waals surface area contributed by atoms with Gasteiger partial charge in [0, 0.05) is 33.9 Å². The van der Waals surface area contributed by atoms with Gasteiger partial charge in [-0.2, -0.15) is 0 Å². The molecule has 0 unspecified atom stereocenters. The second-order valence-electron chi connectivity index (χ2n) is 4.69. The van der Waals surface area contributed by atoms with Crippen molar-refractivity contribution in [3.8, 4) is 0 Å². The molecule has 0 saturated heterocycles. The molecule has 3 aromatic rings. The Kier molecular flexibility index (Phi) is 3.75. The van der Waals surface area contributed by atoms with E-state index >= 15 is 0 Å². The summed E-state index contributed by atoms with van der Waals surface area (Å²) >= 11 is 3.35. The van der Waals surface area contributed by atoms with E-state index in [1.165, 1.54) is 6.07 Å². The van der Waals surface area contributed by atoms with Gasteiger partial charge in [-0.15, -0.1) is 0 Å². The zero-order valence-electron chi connectivity index (χ0n) is 11.1. The van der Waals surface area contributed by atoms with Crippen LogP contribution in [0.3, 0.4) is 0 Å². The first-order chi connectivity index (χ1) is 10.1. The summed E-state index contributed by atoms with van der Waals surface area (Å²) < 4.78 is 14.6. The number of nitrogen functional groups attached to an aromatic ring is 1. The van der Waals surface area contributed by atoms with E-state index in [9.17, 15) is 4.39 Å². The third-order valence-corrected chi connectivity index (χ3v) is 3.77. The minimum atomic E-state index is -0.233. The maximum absolute atomic E-state index is 13.8. The van der Waals surface area contributed by atoms with Crippen LogP contribution in [0, 0.1) is 5.82 Å². The molecule has 0 atom stereocenters. The highest BCUT2D eigenvalue weighted by molar-refractivity contribution is 9.10. The first-order valence-electron chi connectivity index (χ1n) is 6.46. The molecule has 3 nitrogen and oxygen atoms in total. The summed E-state index contributed by atoms with van der Waals surface area (Å²) in [4.78, 5) is 4.28. The summed E-state index contributed by atoms with van der Waals surface area (Å²) in [6, 6.07) is 12.4. The summed E-state index contributed by atoms with van der Waals surface area (Å²) in [7, 11) is 0. The molecule has 0 spiro atoms. The Bertz CT molecular complexity index is 805. The van der Waals surface area contributed by atoms with Gasteiger partial charge in [0.1, 0.15) is 5.82 Å². The number of benzene rings is 2. The Labute approximate surface area is 130 Å². The van der Waals surface area contributed by atoms with Crippen LogP contribution in [0.1, 0.15) is 5.56 Å². The first kappa shape index (κ1) is 13.8. The summed E-state index contributed by atoms with van der Waals surface area (Å²) in [5, 5.41) is 4.17. The fourth-order valence-electron chi connectivity index (χ4n) is 2.22. The largest absolute Gasteiger partial charge is 0.397 e. The molecule has 0 aliphatic carbocycles. The van der Waals surface area contributed by atoms with Crippen molar-refractivity contribution in [2.75, 3.05) is 11.1 Å². The molecule has 0 fully saturated rings. The molecule has 1 aromatic heterocycles. The van der Waals surface area contributed by atoms with Gasteiger partial charge in [-0.3, -0.25) is 4.98 Å². The van der Waals surface area contributed by atoms with Crippen LogP contribution in [0.25, 0.3) is 10.9 Å². The van der Waals surface area contributed by atoms with Crippen molar-refractivity contribution in [2.45, 2.75) is 6.54 Å². The third-order valence-electron chi connectivity index (χ3n) is 3.28. The van der Waals surface area contributed by atoms with Crippen molar-refractivity contribution in [3.63, 3.8) is 0 Å². The van der Waals surface area contributed by atoms with Gasteiger partial charge < -0.3 is 11.1 Å². The molecule has 0 saturated carbocycles. The molecule has 0 amide bonds. The zero-order chi connectivity index (χ0) is 14.8. The Hall–Kier alpha value is -2.14. The number of nitrogens with two attached hydrogens (primary N) is 1. The Morgan fingerprint density at radius 2 is 2.05 bits per heavy atom. The van der Waals surface area contributed by atoms with Crippen molar-refractivity contribution >= 4 is 38.2 Å². The van der Waals surface area contributed by atoms with E-state index in [1.807, 2.05) is 18.2 Å². The monoisotopic (exact) mass is 345 g/mol. The molecule has 3 rings (SSSR count). The number of aromatic nitrogens is 1. The highest BCUT2D eigenvalue weighted by Gasteiger charge is 2.07. The van der Waals surface area contributed by atoms with Gasteiger partial charge in [0.05, 0.1) is 11.2 Å². The molecule has 1 heterocycles. The van der Waals surface area contributed by atoms with E-state index in [0.29, 0.717) is 17.8 Å². The number of fused-ring (bicyclic) bond motifs is 1. The van der Waals surface area contributed by atoms with E-state index in [1.54, 1.807) is 24.4 Å². The highest BCUT2D eigenvalue weighted by Crippen LogP contribution is 2.27. The average Bonchev–Trinajstić information content (AvgIpc) is 2.50. The van der Waals surface area contributed by atoms with Crippen molar-refractivity contribution < 1.29 is 4.39 Å². The smallest absolute Gasteiger partial charge is 0.128 e. The van der Waals surface area contributed by atoms with Gasteiger partial charge in [0.15, 0.2) is 0 Å². The molecule has 3 N–H and O–H groups in total. The molecule has 2 aromatic carbocycles. The Morgan fingerprint density at radius 1 is 1.19 bits per heavy atom. The maximum atomic E-state index is 13.8. The lowest BCUT2D eigenvalue weighted by Gasteiger charge is -2.11. The van der Waals surface area contributed by atoms with Crippen LogP contribution < -0.4 is 11.1 Å². The summed E-state index contributed by atoms with van der Waals surface area (Å²) in [5.74, 6) is -0.233. The van der Waals surface area contributed by atoms with Crippen molar-refractivity contribution in [3.05, 3.63) is 64.5 Å². The van der Waals surface area contributed by atoms with Crippen LogP contribution in [-0.4, -0.2) is 4.98 Å². The number of rotatable bonds is 3. The Balaban J connectivity index is 1.92. The van der Waals surface area contributed by atoms with Crippen LogP contribution >= 0.6 is 15.9 Å². The fourth-order valence-corrected chi connectivity index (χ4v) is 2.63. The average molecular weight is 346 g/mol. The first-order valence-corrected chi connectivity index (χ1v) is 7.25. The number of nitrogens with zero attached hydrogens (tertiary/aromatic N) is 1. The van der Waals surface area contributed by atoms with Gasteiger partial charge in [-0.1, -0.05) is 15.9 Å². The number of hydrogen-bond donors (Lipinski definition) is 2. The SMILES string of the molecule is Nc1ccc(NCc2cc(Br)ccc2F)c2cccnc12. The summed E-state index contributed by atoms with van der Waals surface area (Å²) in [6.45, 7) is 0.388. The number of pyridine rings is 1. The molecular weight excluding hydrogens is 333 g/mol. The van der Waals surface area contributed by atoms with Crippen molar-refractivity contribution in [2.24, 2.45) is 0 Å². The van der Waals surface area contributed by atoms with Gasteiger partial charge in [-0.05, 0) is 42.5 Å². The lowest BCUT2D eigenvalue weighted by atomic mass is 10.1. The van der Waals surface area contributed by atoms with E-state index in [-0.39, 0.29) is 5.82 Å². The van der Waals surface area contributed by atoms with Gasteiger partial charge in [-0.25, -0.2) is 4.39 Å². The molecule has 106 valence electrons. The second kappa shape index (κ2) is 5.69. The van der Waals surface area contributed by atoms with Gasteiger partial charge in [0.2, 0.25) is 0 Å². The predicted octanol–water partition coefficient (Wildman–Crippen LogP) is 4.33. The minimum Gasteiger partial charge on any atom is -0.397 e. The van der Waals surface area contributed by atoms with Crippen LogP contribution in [0.4, 0.5) is 15.8 Å². The van der Waals surface area contributed by atoms with E-state index in [2.05, 4.69) is 26.2 Å². The van der Waals surface area contributed by atoms with Gasteiger partial charge >= 0.3 is 0 Å². The quantitative estimate of drug-likeness (QED) is 0.694. The van der Waals surface area contributed by atoms with Crippen LogP contribution in [-0.2, 0) is 6.54 Å². The Morgan fingerprint density at radius 3 is 2.90 bits per heavy atom. The van der Waals surface area contributed by atoms with Crippen LogP contribution in [0.2, 0.25) is 0 Å². The minimum absolute atomic E-state index is 0.233. The third kappa shape index (κ3) is 2.83. The van der Waals surface area contributed by atoms with Crippen LogP contribution in [0.5, 0.6) is 0 Å². The number of hydrogen-bond acceptors (Lipinski definition) is 3. The van der Waals surface area contributed by atoms with E-state index < -0.39 is 0 Å². The zero-order valence-corrected chi connectivity index (χ0v) is 12.7. The second-order valence-corrected chi connectivity index (χ2v) is 5.61. The van der Waals surface area contributed by atoms with Gasteiger partial charge in [0.25, 0.3) is 0 Å². The fraction of sp³-hybridized carbons (Fsp3) is 0.0625. The van der Waals surface area contributed by atoms with Crippen molar-refractivity contribution in [1.29, 1.82) is 0 Å². The molecule has 0 radical (unpaired) electrons. The highest BCUT2D eigenvalue weighted by atomic mass is 79.9. The molecule has 0 aliphatic rings. The lowest BCUT2D eigenvalue weighted by Crippen LogP contribution is -2.03. The number of halogens is 2. The molecule has 21 heavy (non-hydrogen) atoms. The van der Waals surface area contributed by atoms with E-state index in [4.69, 9.17) is 5.73 Å². The lowest BCUT2D eigenvalue weighted by molar-refractivity contribution is 0.612. The normalized spacial score (nSPS) is 10.8. The maximum Gasteiger partial charge on any atom is 0.128 e. The summed E-state index contributed by atoms with van der Waals surface area (Å²) in [6.07, 6.45) is 1.70. The summed E-state index contributed by atoms with van der Waals surface area (Å²) in [5.41, 5.74) is 8.77. The van der Waals surface area contributed by atoms with E-state index in [0.717, 1.165) is 21.1 Å². The molecule has 5 heteroatoms. The number of nitrogens with one attached hydrogen (secondary N) is 1. The standard InChI is InChI=1S/C16H13BrFN3/c17-11-3-4-13(18)10(8-11)9-21-15-6-5-14(19)16-12(15)2-1-7-20-16/h1-8,21H,9,19H2. The number of anilines is 2.